The quantitative estimate of drug-likeness (QED) is 0.479. The van der Waals surface area contributed by atoms with Gasteiger partial charge in [0, 0.05) is 5.92 Å². The van der Waals surface area contributed by atoms with E-state index in [1.54, 1.807) is 4.57 Å². The number of aliphatic hydroxyl groups excluding tert-OH is 3. The first kappa shape index (κ1) is 17.5. The van der Waals surface area contributed by atoms with E-state index in [1.807, 2.05) is 12.1 Å². The number of benzene rings is 1. The molecule has 0 spiro atoms. The van der Waals surface area contributed by atoms with E-state index in [-0.39, 0.29) is 11.7 Å². The Labute approximate surface area is 160 Å². The number of nitrogens with two attached hydrogens (primary N) is 1. The molecule has 1 aliphatic heterocycles. The SMILES string of the molecule is Nc1ncnc2c1ncn2[C@]1(C2Cc3ccccc3C2)O[C@H](CO)[C@@H](O)[C@H]1O. The highest BCUT2D eigenvalue weighted by atomic mass is 16.6. The number of ether oxygens (including phenoxy) is 1. The monoisotopic (exact) mass is 383 g/mol. The molecule has 0 radical (unpaired) electrons. The molecular weight excluding hydrogens is 362 g/mol. The van der Waals surface area contributed by atoms with E-state index in [0.717, 1.165) is 0 Å². The van der Waals surface area contributed by atoms with Crippen LogP contribution in [0.3, 0.4) is 0 Å². The first-order valence-electron chi connectivity index (χ1n) is 9.22. The Morgan fingerprint density at radius 3 is 2.50 bits per heavy atom. The largest absolute Gasteiger partial charge is 0.394 e. The average Bonchev–Trinajstić information content (AvgIpc) is 3.39. The smallest absolute Gasteiger partial charge is 0.180 e. The maximum atomic E-state index is 11.1. The van der Waals surface area contributed by atoms with Gasteiger partial charge in [-0.1, -0.05) is 24.3 Å². The molecule has 0 saturated carbocycles. The van der Waals surface area contributed by atoms with Crippen molar-refractivity contribution in [3.8, 4) is 0 Å². The first-order chi connectivity index (χ1) is 13.6. The van der Waals surface area contributed by atoms with Crippen molar-refractivity contribution in [1.82, 2.24) is 19.5 Å². The number of aromatic nitrogens is 4. The molecule has 1 aromatic carbocycles. The highest BCUT2D eigenvalue weighted by molar-refractivity contribution is 5.81. The molecule has 5 N–H and O–H groups in total. The minimum Gasteiger partial charge on any atom is -0.394 e. The van der Waals surface area contributed by atoms with Gasteiger partial charge in [-0.2, -0.15) is 0 Å². The van der Waals surface area contributed by atoms with Crippen molar-refractivity contribution < 1.29 is 20.1 Å². The van der Waals surface area contributed by atoms with Gasteiger partial charge in [-0.15, -0.1) is 0 Å². The van der Waals surface area contributed by atoms with Crippen molar-refractivity contribution >= 4 is 17.0 Å². The highest BCUT2D eigenvalue weighted by Crippen LogP contribution is 2.48. The molecule has 5 rings (SSSR count). The van der Waals surface area contributed by atoms with Crippen LogP contribution in [-0.4, -0.2) is 59.8 Å². The van der Waals surface area contributed by atoms with Gasteiger partial charge in [-0.05, 0) is 24.0 Å². The summed E-state index contributed by atoms with van der Waals surface area (Å²) in [6.45, 7) is -0.413. The van der Waals surface area contributed by atoms with Crippen LogP contribution in [0.4, 0.5) is 5.82 Å². The minimum absolute atomic E-state index is 0.195. The average molecular weight is 383 g/mol. The molecule has 9 nitrogen and oxygen atoms in total. The van der Waals surface area contributed by atoms with E-state index < -0.39 is 30.6 Å². The molecular formula is C19H21N5O4. The van der Waals surface area contributed by atoms with Gasteiger partial charge in [-0.25, -0.2) is 15.0 Å². The molecule has 28 heavy (non-hydrogen) atoms. The molecule has 1 fully saturated rings. The number of hydrogen-bond donors (Lipinski definition) is 4. The third-order valence-corrected chi connectivity index (χ3v) is 6.02. The Morgan fingerprint density at radius 2 is 1.86 bits per heavy atom. The van der Waals surface area contributed by atoms with Gasteiger partial charge in [-0.3, -0.25) is 4.57 Å². The fraction of sp³-hybridized carbons (Fsp3) is 0.421. The van der Waals surface area contributed by atoms with Gasteiger partial charge in [0.15, 0.2) is 17.2 Å². The van der Waals surface area contributed by atoms with Crippen LogP contribution in [-0.2, 0) is 23.3 Å². The van der Waals surface area contributed by atoms with E-state index in [4.69, 9.17) is 10.5 Å². The zero-order valence-electron chi connectivity index (χ0n) is 15.0. The van der Waals surface area contributed by atoms with Crippen molar-refractivity contribution in [2.75, 3.05) is 12.3 Å². The normalized spacial score (nSPS) is 30.2. The molecule has 2 aliphatic rings. The summed E-state index contributed by atoms with van der Waals surface area (Å²) in [7, 11) is 0. The van der Waals surface area contributed by atoms with Crippen LogP contribution in [0.25, 0.3) is 11.2 Å². The van der Waals surface area contributed by atoms with Gasteiger partial charge < -0.3 is 25.8 Å². The second-order valence-electron chi connectivity index (χ2n) is 7.45. The third kappa shape index (κ3) is 2.24. The fourth-order valence-corrected chi connectivity index (χ4v) is 4.67. The number of fused-ring (bicyclic) bond motifs is 2. The van der Waals surface area contributed by atoms with Crippen molar-refractivity contribution in [3.05, 3.63) is 48.0 Å². The molecule has 1 saturated heterocycles. The third-order valence-electron chi connectivity index (χ3n) is 6.02. The van der Waals surface area contributed by atoms with Crippen molar-refractivity contribution in [3.63, 3.8) is 0 Å². The van der Waals surface area contributed by atoms with Gasteiger partial charge in [0.1, 0.15) is 30.2 Å². The molecule has 3 heterocycles. The maximum Gasteiger partial charge on any atom is 0.180 e. The predicted molar refractivity (Wildman–Crippen MR) is 99.0 cm³/mol. The van der Waals surface area contributed by atoms with Gasteiger partial charge in [0.2, 0.25) is 0 Å². The summed E-state index contributed by atoms with van der Waals surface area (Å²) < 4.78 is 7.84. The summed E-state index contributed by atoms with van der Waals surface area (Å²) in [6.07, 6.45) is 0.692. The number of rotatable bonds is 3. The van der Waals surface area contributed by atoms with E-state index in [2.05, 4.69) is 27.1 Å². The molecule has 9 heteroatoms. The highest BCUT2D eigenvalue weighted by Gasteiger charge is 2.60. The van der Waals surface area contributed by atoms with Crippen LogP contribution in [0.2, 0.25) is 0 Å². The Kier molecular flexibility index (Phi) is 3.88. The molecule has 3 aromatic rings. The Morgan fingerprint density at radius 1 is 1.14 bits per heavy atom. The lowest BCUT2D eigenvalue weighted by Crippen LogP contribution is -2.51. The second-order valence-corrected chi connectivity index (χ2v) is 7.45. The van der Waals surface area contributed by atoms with Crippen molar-refractivity contribution in [2.45, 2.75) is 36.9 Å². The van der Waals surface area contributed by atoms with Crippen LogP contribution >= 0.6 is 0 Å². The summed E-state index contributed by atoms with van der Waals surface area (Å²) in [6, 6.07) is 8.06. The Hall–Kier alpha value is -2.59. The zero-order chi connectivity index (χ0) is 19.5. The molecule has 0 amide bonds. The van der Waals surface area contributed by atoms with Crippen LogP contribution in [0.5, 0.6) is 0 Å². The van der Waals surface area contributed by atoms with Crippen LogP contribution < -0.4 is 5.73 Å². The number of nitrogens with zero attached hydrogens (tertiary/aromatic N) is 4. The molecule has 1 aliphatic carbocycles. The molecule has 0 unspecified atom stereocenters. The summed E-state index contributed by atoms with van der Waals surface area (Å²) in [5.74, 6) is 0.0278. The standard InChI is InChI=1S/C19H21N5O4/c20-17-14-18(22-8-21-17)24(9-23-14)19(16(27)15(26)13(7-25)28-19)12-5-10-3-1-2-4-11(10)6-12/h1-4,8-9,12-13,15-16,25-27H,5-7H2,(H2,20,21,22)/t13-,15-,16-,19-/m1/s1. The van der Waals surface area contributed by atoms with Gasteiger partial charge in [0.25, 0.3) is 0 Å². The van der Waals surface area contributed by atoms with E-state index in [9.17, 15) is 15.3 Å². The van der Waals surface area contributed by atoms with Crippen molar-refractivity contribution in [2.24, 2.45) is 5.92 Å². The van der Waals surface area contributed by atoms with Crippen LogP contribution in [0, 0.1) is 5.92 Å². The summed E-state index contributed by atoms with van der Waals surface area (Å²) >= 11 is 0. The number of anilines is 1. The number of imidazole rings is 1. The lowest BCUT2D eigenvalue weighted by atomic mass is 9.86. The Balaban J connectivity index is 1.69. The number of hydrogen-bond acceptors (Lipinski definition) is 8. The molecule has 146 valence electrons. The van der Waals surface area contributed by atoms with Gasteiger partial charge >= 0.3 is 0 Å². The lowest BCUT2D eigenvalue weighted by Gasteiger charge is -2.39. The molecule has 2 aromatic heterocycles. The molecule has 4 atom stereocenters. The predicted octanol–water partition coefficient (Wildman–Crippen LogP) is -0.411. The van der Waals surface area contributed by atoms with E-state index in [1.165, 1.54) is 23.8 Å². The second kappa shape index (κ2) is 6.21. The van der Waals surface area contributed by atoms with E-state index >= 15 is 0 Å². The fourth-order valence-electron chi connectivity index (χ4n) is 4.67. The zero-order valence-corrected chi connectivity index (χ0v) is 15.0. The topological polar surface area (TPSA) is 140 Å². The summed E-state index contributed by atoms with van der Waals surface area (Å²) in [4.78, 5) is 12.6. The van der Waals surface area contributed by atoms with Crippen LogP contribution in [0.1, 0.15) is 11.1 Å². The van der Waals surface area contributed by atoms with E-state index in [0.29, 0.717) is 24.0 Å². The minimum atomic E-state index is -1.35. The van der Waals surface area contributed by atoms with Gasteiger partial charge in [0.05, 0.1) is 12.9 Å². The van der Waals surface area contributed by atoms with Crippen molar-refractivity contribution in [1.29, 1.82) is 0 Å². The summed E-state index contributed by atoms with van der Waals surface area (Å²) in [5, 5.41) is 31.4. The first-order valence-corrected chi connectivity index (χ1v) is 9.22. The number of nitrogen functional groups attached to an aromatic ring is 1. The Bertz CT molecular complexity index is 1020. The molecule has 0 bridgehead atoms. The van der Waals surface area contributed by atoms with Crippen LogP contribution in [0.15, 0.2) is 36.9 Å². The summed E-state index contributed by atoms with van der Waals surface area (Å²) in [5.41, 5.74) is 7.73. The number of aliphatic hydroxyl groups is 3. The lowest BCUT2D eigenvalue weighted by molar-refractivity contribution is -0.179. The maximum absolute atomic E-state index is 11.1.